The molecule has 0 amide bonds. The Labute approximate surface area is 359 Å². The molecule has 0 aromatic rings. The first-order chi connectivity index (χ1) is 28.8. The lowest BCUT2D eigenvalue weighted by Gasteiger charge is -2.36. The normalized spacial score (nSPS) is 20.9. The summed E-state index contributed by atoms with van der Waals surface area (Å²) in [5.41, 5.74) is 5.33. The van der Waals surface area contributed by atoms with Gasteiger partial charge in [0.2, 0.25) is 0 Å². The minimum atomic E-state index is -4.78. The molecule has 16 heteroatoms. The molecule has 0 radical (unpaired) electrons. The van der Waals surface area contributed by atoms with Gasteiger partial charge in [-0.25, -0.2) is 4.57 Å². The number of carboxylic acids is 1. The van der Waals surface area contributed by atoms with E-state index in [1.165, 1.54) is 70.6 Å². The van der Waals surface area contributed by atoms with Gasteiger partial charge in [0.05, 0.1) is 31.5 Å². The molecule has 7 N–H and O–H groups in total. The van der Waals surface area contributed by atoms with E-state index in [1.54, 1.807) is 12.2 Å². The van der Waals surface area contributed by atoms with Gasteiger partial charge in [0.25, 0.3) is 0 Å². The molecule has 350 valence electrons. The van der Waals surface area contributed by atoms with Crippen molar-refractivity contribution >= 4 is 25.7 Å². The standard InChI is InChI=1S/C44H80NO14P/c1-3-5-7-8-9-10-11-12-13-14-15-16-17-18-24-28-42(49)58-36(33-56-60(53,54)57-34-38(45)44(51)52)32-55-41(48)27-23-20-19-22-26-37-39(47)31-43(50)59-40(37)30-29-35(46)25-21-6-4-2/h19,22,29-30,35-40,43,46-47,50H,3-18,20-21,23-28,31-34,45H2,1-2H3,(H,51,52)(H,53,54)/b22-19-,30-29+/t35-,36+,37-,38-,39-,40+,43?/m0/s1. The average molecular weight is 878 g/mol. The predicted molar refractivity (Wildman–Crippen MR) is 230 cm³/mol. The molecule has 1 aliphatic rings. The lowest BCUT2D eigenvalue weighted by atomic mass is 9.87. The zero-order valence-electron chi connectivity index (χ0n) is 36.6. The van der Waals surface area contributed by atoms with Crippen molar-refractivity contribution in [1.29, 1.82) is 0 Å². The highest BCUT2D eigenvalue weighted by molar-refractivity contribution is 7.47. The third-order valence-corrected chi connectivity index (χ3v) is 11.4. The molecule has 1 fully saturated rings. The number of esters is 2. The van der Waals surface area contributed by atoms with Crippen LogP contribution in [-0.4, -0.2) is 99.8 Å². The highest BCUT2D eigenvalue weighted by Crippen LogP contribution is 2.43. The summed E-state index contributed by atoms with van der Waals surface area (Å²) in [6.45, 7) is 2.43. The number of rotatable bonds is 38. The highest BCUT2D eigenvalue weighted by atomic mass is 31.2. The number of aliphatic hydroxyl groups excluding tert-OH is 3. The van der Waals surface area contributed by atoms with Crippen molar-refractivity contribution in [3.63, 3.8) is 0 Å². The van der Waals surface area contributed by atoms with Gasteiger partial charge in [-0.3, -0.25) is 23.4 Å². The highest BCUT2D eigenvalue weighted by Gasteiger charge is 2.35. The second-order valence-corrected chi connectivity index (χ2v) is 17.5. The number of phosphoric acid groups is 1. The number of phosphoric ester groups is 1. The van der Waals surface area contributed by atoms with Crippen LogP contribution in [0.2, 0.25) is 0 Å². The van der Waals surface area contributed by atoms with Gasteiger partial charge in [0.1, 0.15) is 12.6 Å². The number of nitrogens with two attached hydrogens (primary N) is 1. The van der Waals surface area contributed by atoms with Gasteiger partial charge in [-0.1, -0.05) is 147 Å². The second kappa shape index (κ2) is 35.3. The minimum Gasteiger partial charge on any atom is -0.480 e. The van der Waals surface area contributed by atoms with Crippen LogP contribution in [0.15, 0.2) is 24.3 Å². The molecule has 0 aromatic heterocycles. The second-order valence-electron chi connectivity index (χ2n) is 16.1. The first kappa shape index (κ1) is 55.8. The number of carbonyl (C=O) groups is 3. The Morgan fingerprint density at radius 2 is 1.32 bits per heavy atom. The van der Waals surface area contributed by atoms with Crippen molar-refractivity contribution in [1.82, 2.24) is 0 Å². The van der Waals surface area contributed by atoms with E-state index in [-0.39, 0.29) is 25.2 Å². The van der Waals surface area contributed by atoms with Crippen molar-refractivity contribution in [3.8, 4) is 0 Å². The Hall–Kier alpha value is -2.20. The Balaban J connectivity index is 2.51. The summed E-state index contributed by atoms with van der Waals surface area (Å²) in [5.74, 6) is -2.93. The summed E-state index contributed by atoms with van der Waals surface area (Å²) in [6.07, 6.45) is 25.7. The van der Waals surface area contributed by atoms with Crippen molar-refractivity contribution in [2.75, 3.05) is 19.8 Å². The lowest BCUT2D eigenvalue weighted by molar-refractivity contribution is -0.199. The Morgan fingerprint density at radius 1 is 0.767 bits per heavy atom. The molecule has 2 unspecified atom stereocenters. The van der Waals surface area contributed by atoms with E-state index in [9.17, 15) is 39.2 Å². The fourth-order valence-electron chi connectivity index (χ4n) is 6.81. The van der Waals surface area contributed by atoms with E-state index >= 15 is 0 Å². The van der Waals surface area contributed by atoms with Gasteiger partial charge in [-0.05, 0) is 32.1 Å². The Bertz CT molecular complexity index is 1240. The smallest absolute Gasteiger partial charge is 0.472 e. The van der Waals surface area contributed by atoms with Crippen LogP contribution in [-0.2, 0) is 42.2 Å². The van der Waals surface area contributed by atoms with Gasteiger partial charge in [-0.15, -0.1) is 0 Å². The maximum Gasteiger partial charge on any atom is 0.472 e. The van der Waals surface area contributed by atoms with Gasteiger partial charge in [0.15, 0.2) is 12.4 Å². The predicted octanol–water partition coefficient (Wildman–Crippen LogP) is 7.95. The number of aliphatic carboxylic acids is 1. The third kappa shape index (κ3) is 29.9. The molecule has 0 bridgehead atoms. The van der Waals surface area contributed by atoms with Crippen LogP contribution in [0.4, 0.5) is 0 Å². The van der Waals surface area contributed by atoms with Crippen molar-refractivity contribution in [2.24, 2.45) is 11.7 Å². The number of ether oxygens (including phenoxy) is 3. The van der Waals surface area contributed by atoms with Crippen LogP contribution in [0.5, 0.6) is 0 Å². The van der Waals surface area contributed by atoms with Crippen LogP contribution in [0.1, 0.15) is 174 Å². The molecule has 1 heterocycles. The molecule has 0 saturated carbocycles. The maximum atomic E-state index is 12.7. The maximum absolute atomic E-state index is 12.7. The molecule has 0 aliphatic carbocycles. The van der Waals surface area contributed by atoms with Crippen molar-refractivity contribution < 1.29 is 67.5 Å². The number of allylic oxidation sites excluding steroid dienone is 2. The summed E-state index contributed by atoms with van der Waals surface area (Å²) in [5, 5.41) is 39.8. The lowest BCUT2D eigenvalue weighted by Crippen LogP contribution is -2.43. The van der Waals surface area contributed by atoms with E-state index in [0.717, 1.165) is 38.5 Å². The van der Waals surface area contributed by atoms with E-state index in [0.29, 0.717) is 32.1 Å². The number of carboxylic acid groups (broad SMARTS) is 1. The van der Waals surface area contributed by atoms with Crippen molar-refractivity contribution in [3.05, 3.63) is 24.3 Å². The fourth-order valence-corrected chi connectivity index (χ4v) is 7.59. The van der Waals surface area contributed by atoms with E-state index in [1.807, 2.05) is 12.2 Å². The SMILES string of the molecule is CCCCCCCCCCCCCCCCCC(=O)O[C@H](COC(=O)CCC/C=C\C[C@H]1[C@@H](O)CC(O)O[C@@H]1/C=C/[C@@H](O)CCCCC)COP(=O)(O)OC[C@H](N)C(=O)O. The van der Waals surface area contributed by atoms with Crippen LogP contribution < -0.4 is 5.73 Å². The molecule has 1 saturated heterocycles. The summed E-state index contributed by atoms with van der Waals surface area (Å²) in [4.78, 5) is 46.2. The zero-order chi connectivity index (χ0) is 44.4. The molecule has 0 aromatic carbocycles. The fraction of sp³-hybridized carbons (Fsp3) is 0.841. The van der Waals surface area contributed by atoms with Crippen LogP contribution in [0.25, 0.3) is 0 Å². The van der Waals surface area contributed by atoms with Crippen LogP contribution in [0, 0.1) is 5.92 Å². The van der Waals surface area contributed by atoms with Gasteiger partial charge in [0, 0.05) is 25.2 Å². The largest absolute Gasteiger partial charge is 0.480 e. The first-order valence-corrected chi connectivity index (χ1v) is 24.3. The number of aliphatic hydroxyl groups is 3. The average Bonchev–Trinajstić information content (AvgIpc) is 3.20. The van der Waals surface area contributed by atoms with E-state index in [2.05, 4.69) is 18.4 Å². The molecular formula is C44H80NO14P. The molecular weight excluding hydrogens is 797 g/mol. The monoisotopic (exact) mass is 878 g/mol. The molecule has 8 atom stereocenters. The minimum absolute atomic E-state index is 0.0301. The van der Waals surface area contributed by atoms with Crippen LogP contribution in [0.3, 0.4) is 0 Å². The summed E-state index contributed by atoms with van der Waals surface area (Å²) in [7, 11) is -4.78. The number of hydrogen-bond donors (Lipinski definition) is 6. The van der Waals surface area contributed by atoms with Crippen LogP contribution >= 0.6 is 7.82 Å². The summed E-state index contributed by atoms with van der Waals surface area (Å²) >= 11 is 0. The van der Waals surface area contributed by atoms with Gasteiger partial charge >= 0.3 is 25.7 Å². The topological polar surface area (TPSA) is 242 Å². The molecule has 60 heavy (non-hydrogen) atoms. The molecule has 1 aliphatic heterocycles. The van der Waals surface area contributed by atoms with E-state index in [4.69, 9.17) is 29.6 Å². The Kier molecular flexibility index (Phi) is 32.8. The van der Waals surface area contributed by atoms with Gasteiger partial charge in [-0.2, -0.15) is 0 Å². The van der Waals surface area contributed by atoms with Gasteiger partial charge < -0.3 is 45.3 Å². The summed E-state index contributed by atoms with van der Waals surface area (Å²) in [6, 6.07) is -1.56. The number of unbranched alkanes of at least 4 members (excludes halogenated alkanes) is 17. The number of hydrogen-bond acceptors (Lipinski definition) is 13. The zero-order valence-corrected chi connectivity index (χ0v) is 37.5. The third-order valence-electron chi connectivity index (χ3n) is 10.5. The molecule has 0 spiro atoms. The molecule has 15 nitrogen and oxygen atoms in total. The Morgan fingerprint density at radius 3 is 1.92 bits per heavy atom. The quantitative estimate of drug-likeness (QED) is 0.0149. The number of carbonyl (C=O) groups excluding carboxylic acids is 2. The van der Waals surface area contributed by atoms with Crippen molar-refractivity contribution in [2.45, 2.75) is 211 Å². The summed E-state index contributed by atoms with van der Waals surface area (Å²) < 4.78 is 38.3. The molecule has 1 rings (SSSR count). The first-order valence-electron chi connectivity index (χ1n) is 22.8. The van der Waals surface area contributed by atoms with E-state index < -0.39 is 82.3 Å².